The lowest BCUT2D eigenvalue weighted by Gasteiger charge is -2.28. The van der Waals surface area contributed by atoms with Crippen molar-refractivity contribution in [2.24, 2.45) is 0 Å². The van der Waals surface area contributed by atoms with Crippen molar-refractivity contribution >= 4 is 11.0 Å². The van der Waals surface area contributed by atoms with E-state index in [0.717, 1.165) is 27.8 Å². The van der Waals surface area contributed by atoms with Crippen molar-refractivity contribution < 1.29 is 21.6 Å². The van der Waals surface area contributed by atoms with E-state index in [1.165, 1.54) is 16.7 Å². The van der Waals surface area contributed by atoms with Crippen LogP contribution in [-0.2, 0) is 16.2 Å². The van der Waals surface area contributed by atoms with Gasteiger partial charge in [0.05, 0.1) is 28.0 Å². The molecule has 326 valence electrons. The Morgan fingerprint density at radius 2 is 1.09 bits per heavy atom. The molecule has 0 fully saturated rings. The van der Waals surface area contributed by atoms with Gasteiger partial charge >= 0.3 is 0 Å². The summed E-state index contributed by atoms with van der Waals surface area (Å²) in [5.41, 5.74) is 6.00. The topological polar surface area (TPSA) is 50.9 Å². The van der Waals surface area contributed by atoms with Crippen LogP contribution in [0.3, 0.4) is 0 Å². The van der Waals surface area contributed by atoms with Gasteiger partial charge in [-0.25, -0.2) is 4.98 Å². The maximum absolute atomic E-state index is 12.8. The monoisotopic (exact) mass is 856 g/mol. The lowest BCUT2D eigenvalue weighted by molar-refractivity contribution is 0.446. The van der Waals surface area contributed by atoms with Crippen LogP contribution >= 0.6 is 0 Å². The van der Waals surface area contributed by atoms with E-state index in [4.69, 9.17) is 26.4 Å². The van der Waals surface area contributed by atoms with Crippen LogP contribution in [-0.4, -0.2) is 19.6 Å². The summed E-state index contributed by atoms with van der Waals surface area (Å²) in [5.74, 6) is -4.75. The van der Waals surface area contributed by atoms with Crippen LogP contribution in [0.1, 0.15) is 146 Å². The first kappa shape index (κ1) is 31.6. The van der Waals surface area contributed by atoms with Crippen molar-refractivity contribution in [2.75, 3.05) is 0 Å². The Balaban J connectivity index is 1.62. The Kier molecular flexibility index (Phi) is 8.24. The fraction of sp³-hybridized carbons (Fsp3) is 0.300. The van der Waals surface area contributed by atoms with Crippen molar-refractivity contribution in [3.05, 3.63) is 167 Å². The van der Waals surface area contributed by atoms with Gasteiger partial charge < -0.3 is 5.11 Å². The van der Waals surface area contributed by atoms with Crippen LogP contribution in [0.25, 0.3) is 72.7 Å². The van der Waals surface area contributed by atoms with E-state index in [0.29, 0.717) is 33.5 Å². The molecule has 0 aliphatic rings. The van der Waals surface area contributed by atoms with Crippen LogP contribution in [0.2, 0.25) is 0 Å². The number of nitrogens with zero attached hydrogens (tertiary/aromatic N) is 3. The molecule has 0 saturated carbocycles. The molecular weight excluding hydrogens is 779 g/mol. The van der Waals surface area contributed by atoms with Crippen molar-refractivity contribution in [1.82, 2.24) is 14.5 Å². The van der Waals surface area contributed by atoms with Gasteiger partial charge in [0.15, 0.2) is 0 Å². The van der Waals surface area contributed by atoms with E-state index in [-0.39, 0.29) is 50.4 Å². The SMILES string of the molecule is [2H]C([2H])([2H])C(c1cc(-c2ccccc2)cc(C(C([2H])([2H])[2H])C([2H])([2H])[2H])c1-n1c(-c2cc(C(C)(C)C)cc(C(C)(C)C)c2O)nc2c(-c3cc(-c4cc(-c5ccccc5)ccn4)cc(C(C)(C)C)c3)cccc21)C([2H])([2H])[2H]. The molecule has 4 heteroatoms. The molecule has 64 heavy (non-hydrogen) atoms. The fourth-order valence-electron chi connectivity index (χ4n) is 8.49. The highest BCUT2D eigenvalue weighted by atomic mass is 16.3. The summed E-state index contributed by atoms with van der Waals surface area (Å²) in [6.45, 7) is 5.22. The third kappa shape index (κ3) is 8.55. The molecule has 0 saturated heterocycles. The number of hydrogen-bond acceptors (Lipinski definition) is 3. The van der Waals surface area contributed by atoms with Crippen molar-refractivity contribution in [2.45, 2.75) is 118 Å². The smallest absolute Gasteiger partial charge is 0.149 e. The summed E-state index contributed by atoms with van der Waals surface area (Å²) < 4.78 is 109. The Morgan fingerprint density at radius 1 is 0.516 bits per heavy atom. The van der Waals surface area contributed by atoms with Gasteiger partial charge in [-0.05, 0) is 127 Å². The molecule has 8 aromatic rings. The molecule has 0 aliphatic heterocycles. The highest BCUT2D eigenvalue weighted by Gasteiger charge is 2.31. The first-order chi connectivity index (χ1) is 35.0. The highest BCUT2D eigenvalue weighted by molar-refractivity contribution is 5.97. The Bertz CT molecular complexity index is 3360. The molecule has 1 N–H and O–H groups in total. The Labute approximate surface area is 399 Å². The number of aromatic hydroxyl groups is 1. The highest BCUT2D eigenvalue weighted by Crippen LogP contribution is 2.47. The van der Waals surface area contributed by atoms with Crippen LogP contribution < -0.4 is 0 Å². The molecule has 0 bridgehead atoms. The van der Waals surface area contributed by atoms with Crippen LogP contribution in [0.15, 0.2) is 140 Å². The number of phenolic OH excluding ortho intramolecular Hbond substituents is 1. The molecule has 0 unspecified atom stereocenters. The van der Waals surface area contributed by atoms with Crippen LogP contribution in [0.5, 0.6) is 5.75 Å². The molecule has 2 aromatic heterocycles. The van der Waals surface area contributed by atoms with E-state index in [9.17, 15) is 5.11 Å². The summed E-state index contributed by atoms with van der Waals surface area (Å²) in [7, 11) is 0. The average Bonchev–Trinajstić information content (AvgIpc) is 3.74. The minimum absolute atomic E-state index is 0.000562. The standard InChI is InChI=1S/C60H65N3O/c1-37(2)48-32-42(40-23-18-15-19-24-40)33-49(38(3)4)55(48)63-53-26-20-25-47(54(53)62-57(63)50-35-46(59(8,9)10)36-51(56(50)64)60(11,12)13)43-29-44(31-45(30-43)58(5,6)7)52-34-41(27-28-61-52)39-21-16-14-17-22-39/h14-38,64H,1-13H3/i1D3,2D3,3D3,4D3. The number of fused-ring (bicyclic) bond motifs is 1. The zero-order valence-corrected chi connectivity index (χ0v) is 38.2. The molecule has 6 aromatic carbocycles. The molecule has 2 heterocycles. The van der Waals surface area contributed by atoms with Gasteiger partial charge in [0.2, 0.25) is 0 Å². The summed E-state index contributed by atoms with van der Waals surface area (Å²) in [6, 6.07) is 40.7. The van der Waals surface area contributed by atoms with Crippen molar-refractivity contribution in [3.8, 4) is 67.5 Å². The Hall–Kier alpha value is -6.26. The fourth-order valence-corrected chi connectivity index (χ4v) is 8.49. The van der Waals surface area contributed by atoms with Gasteiger partial charge in [-0.1, -0.05) is 175 Å². The van der Waals surface area contributed by atoms with E-state index in [2.05, 4.69) is 32.9 Å². The zero-order valence-electron chi connectivity index (χ0n) is 50.2. The van der Waals surface area contributed by atoms with E-state index < -0.39 is 50.1 Å². The molecule has 4 nitrogen and oxygen atoms in total. The van der Waals surface area contributed by atoms with Gasteiger partial charge in [0.25, 0.3) is 0 Å². The number of pyridine rings is 1. The minimum atomic E-state index is -3.26. The van der Waals surface area contributed by atoms with E-state index in [1.807, 2.05) is 102 Å². The van der Waals surface area contributed by atoms with E-state index in [1.54, 1.807) is 54.7 Å². The largest absolute Gasteiger partial charge is 0.507 e. The predicted octanol–water partition coefficient (Wildman–Crippen LogP) is 16.6. The van der Waals surface area contributed by atoms with Gasteiger partial charge in [0.1, 0.15) is 11.6 Å². The normalized spacial score (nSPS) is 16.0. The molecule has 0 spiro atoms. The summed E-state index contributed by atoms with van der Waals surface area (Å²) in [5, 5.41) is 12.8. The first-order valence-electron chi connectivity index (χ1n) is 27.9. The molecule has 0 aliphatic carbocycles. The van der Waals surface area contributed by atoms with Crippen LogP contribution in [0.4, 0.5) is 0 Å². The molecular formula is C60H65N3O. The third-order valence-electron chi connectivity index (χ3n) is 12.1. The first-order valence-corrected chi connectivity index (χ1v) is 21.9. The zero-order chi connectivity index (χ0) is 55.9. The summed E-state index contributed by atoms with van der Waals surface area (Å²) in [6.07, 6.45) is 1.77. The second-order valence-corrected chi connectivity index (χ2v) is 19.9. The van der Waals surface area contributed by atoms with Gasteiger partial charge in [0, 0.05) is 39.3 Å². The second-order valence-electron chi connectivity index (χ2n) is 19.9. The maximum atomic E-state index is 12.8. The molecule has 0 radical (unpaired) electrons. The van der Waals surface area contributed by atoms with Crippen LogP contribution in [0, 0.1) is 0 Å². The number of phenols is 1. The number of imidazole rings is 1. The third-order valence-corrected chi connectivity index (χ3v) is 12.1. The average molecular weight is 856 g/mol. The summed E-state index contributed by atoms with van der Waals surface area (Å²) >= 11 is 0. The van der Waals surface area contributed by atoms with Gasteiger partial charge in [-0.3, -0.25) is 9.55 Å². The number of hydrogen-bond donors (Lipinski definition) is 1. The van der Waals surface area contributed by atoms with Crippen molar-refractivity contribution in [3.63, 3.8) is 0 Å². The van der Waals surface area contributed by atoms with Crippen molar-refractivity contribution in [1.29, 1.82) is 0 Å². The quantitative estimate of drug-likeness (QED) is 0.166. The lowest BCUT2D eigenvalue weighted by Crippen LogP contribution is -2.17. The van der Waals surface area contributed by atoms with Gasteiger partial charge in [-0.2, -0.15) is 0 Å². The Morgan fingerprint density at radius 3 is 1.67 bits per heavy atom. The predicted molar refractivity (Wildman–Crippen MR) is 272 cm³/mol. The number of aromatic nitrogens is 3. The molecule has 0 amide bonds. The molecule has 8 rings (SSSR count). The second kappa shape index (κ2) is 16.7. The number of para-hydroxylation sites is 1. The van der Waals surface area contributed by atoms with Gasteiger partial charge in [-0.15, -0.1) is 0 Å². The number of benzene rings is 6. The maximum Gasteiger partial charge on any atom is 0.149 e. The lowest BCUT2D eigenvalue weighted by atomic mass is 9.78. The summed E-state index contributed by atoms with van der Waals surface area (Å²) in [4.78, 5) is 10.3. The van der Waals surface area contributed by atoms with E-state index >= 15 is 0 Å². The number of rotatable bonds is 8. The molecule has 0 atom stereocenters. The minimum Gasteiger partial charge on any atom is -0.507 e.